The molecule has 0 fully saturated rings. The lowest BCUT2D eigenvalue weighted by Crippen LogP contribution is -1.98. The number of aromatic nitrogens is 2. The van der Waals surface area contributed by atoms with Gasteiger partial charge in [0.05, 0.1) is 0 Å². The number of carboxylic acid groups (broad SMARTS) is 1. The molecule has 0 aromatic carbocycles. The fraction of sp³-hybridized carbons (Fsp3) is 0.200. The molecule has 0 saturated carbocycles. The zero-order valence-corrected chi connectivity index (χ0v) is 7.55. The molecule has 0 aliphatic rings. The fourth-order valence-electron chi connectivity index (χ4n) is 1.37. The zero-order valence-electron chi connectivity index (χ0n) is 7.55. The molecule has 4 nitrogen and oxygen atoms in total. The number of pyridine rings is 1. The average molecular weight is 190 g/mol. The van der Waals surface area contributed by atoms with Crippen LogP contribution in [0.15, 0.2) is 30.7 Å². The zero-order chi connectivity index (χ0) is 9.97. The van der Waals surface area contributed by atoms with Crippen LogP contribution >= 0.6 is 0 Å². The Bertz CT molecular complexity index is 462. The van der Waals surface area contributed by atoms with Gasteiger partial charge in [0, 0.05) is 25.0 Å². The van der Waals surface area contributed by atoms with Crippen molar-refractivity contribution < 1.29 is 9.90 Å². The predicted molar refractivity (Wildman–Crippen MR) is 51.1 cm³/mol. The summed E-state index contributed by atoms with van der Waals surface area (Å²) in [5.74, 6) is -0.768. The molecule has 0 atom stereocenters. The van der Waals surface area contributed by atoms with Gasteiger partial charge in [-0.2, -0.15) is 0 Å². The lowest BCUT2D eigenvalue weighted by atomic mass is 10.1. The van der Waals surface area contributed by atoms with Crippen LogP contribution in [0.25, 0.3) is 5.65 Å². The maximum atomic E-state index is 10.4. The summed E-state index contributed by atoms with van der Waals surface area (Å²) in [7, 11) is 0. The van der Waals surface area contributed by atoms with Crippen LogP contribution in [-0.4, -0.2) is 20.5 Å². The Labute approximate surface area is 80.8 Å². The van der Waals surface area contributed by atoms with Crippen LogP contribution in [0.3, 0.4) is 0 Å². The molecule has 0 aliphatic carbocycles. The van der Waals surface area contributed by atoms with E-state index in [1.54, 1.807) is 6.20 Å². The van der Waals surface area contributed by atoms with E-state index in [0.717, 1.165) is 11.2 Å². The van der Waals surface area contributed by atoms with Crippen LogP contribution in [0.2, 0.25) is 0 Å². The summed E-state index contributed by atoms with van der Waals surface area (Å²) in [6.07, 6.45) is 6.20. The van der Waals surface area contributed by atoms with Gasteiger partial charge in [-0.15, -0.1) is 0 Å². The molecule has 0 saturated heterocycles. The molecule has 1 N–H and O–H groups in total. The standard InChI is InChI=1S/C10H10N2O2/c13-10(14)4-2-8-1-3-9-11-5-6-12(9)7-8/h1,3,5-7H,2,4H2,(H,13,14). The van der Waals surface area contributed by atoms with Crippen molar-refractivity contribution >= 4 is 11.6 Å². The molecule has 14 heavy (non-hydrogen) atoms. The van der Waals surface area contributed by atoms with Crippen LogP contribution in [0, 0.1) is 0 Å². The summed E-state index contributed by atoms with van der Waals surface area (Å²) in [5, 5.41) is 8.53. The van der Waals surface area contributed by atoms with Crippen LogP contribution in [0.4, 0.5) is 0 Å². The Morgan fingerprint density at radius 3 is 3.14 bits per heavy atom. The number of aliphatic carboxylic acids is 1. The summed E-state index contributed by atoms with van der Waals surface area (Å²) in [6, 6.07) is 3.79. The second kappa shape index (κ2) is 3.49. The van der Waals surface area contributed by atoms with Gasteiger partial charge < -0.3 is 9.51 Å². The van der Waals surface area contributed by atoms with Crippen molar-refractivity contribution in [2.45, 2.75) is 12.8 Å². The second-order valence-electron chi connectivity index (χ2n) is 3.12. The Hall–Kier alpha value is -1.84. The van der Waals surface area contributed by atoms with Crippen molar-refractivity contribution in [3.63, 3.8) is 0 Å². The van der Waals surface area contributed by atoms with E-state index in [0.29, 0.717) is 6.42 Å². The minimum Gasteiger partial charge on any atom is -0.481 e. The summed E-state index contributed by atoms with van der Waals surface area (Å²) in [5.41, 5.74) is 1.89. The van der Waals surface area contributed by atoms with Crippen LogP contribution in [0.1, 0.15) is 12.0 Å². The van der Waals surface area contributed by atoms with Gasteiger partial charge in [-0.1, -0.05) is 6.07 Å². The maximum absolute atomic E-state index is 10.4. The predicted octanol–water partition coefficient (Wildman–Crippen LogP) is 1.35. The molecule has 2 heterocycles. The lowest BCUT2D eigenvalue weighted by molar-refractivity contribution is -0.136. The normalized spacial score (nSPS) is 10.6. The van der Waals surface area contributed by atoms with E-state index in [-0.39, 0.29) is 6.42 Å². The van der Waals surface area contributed by atoms with Crippen molar-refractivity contribution in [1.29, 1.82) is 0 Å². The number of carboxylic acids is 1. The number of hydrogen-bond acceptors (Lipinski definition) is 2. The smallest absolute Gasteiger partial charge is 0.303 e. The van der Waals surface area contributed by atoms with Gasteiger partial charge >= 0.3 is 5.97 Å². The third-order valence-electron chi connectivity index (χ3n) is 2.08. The first kappa shape index (κ1) is 8.74. The molecule has 2 rings (SSSR count). The molecule has 0 bridgehead atoms. The van der Waals surface area contributed by atoms with Gasteiger partial charge in [-0.3, -0.25) is 4.79 Å². The minimum absolute atomic E-state index is 0.167. The van der Waals surface area contributed by atoms with Crippen molar-refractivity contribution in [2.75, 3.05) is 0 Å². The van der Waals surface area contributed by atoms with E-state index in [1.807, 2.05) is 28.9 Å². The highest BCUT2D eigenvalue weighted by Crippen LogP contribution is 2.06. The molecule has 0 aliphatic heterocycles. The average Bonchev–Trinajstić information content (AvgIpc) is 2.61. The second-order valence-corrected chi connectivity index (χ2v) is 3.12. The molecule has 72 valence electrons. The largest absolute Gasteiger partial charge is 0.481 e. The molecule has 0 spiro atoms. The molecule has 2 aromatic heterocycles. The molecular weight excluding hydrogens is 180 g/mol. The molecule has 0 radical (unpaired) electrons. The number of nitrogens with zero attached hydrogens (tertiary/aromatic N) is 2. The van der Waals surface area contributed by atoms with Crippen LogP contribution < -0.4 is 0 Å². The van der Waals surface area contributed by atoms with Gasteiger partial charge in [-0.05, 0) is 18.1 Å². The first-order chi connectivity index (χ1) is 6.75. The number of carbonyl (C=O) groups is 1. The monoisotopic (exact) mass is 190 g/mol. The van der Waals surface area contributed by atoms with E-state index in [4.69, 9.17) is 5.11 Å². The highest BCUT2D eigenvalue weighted by atomic mass is 16.4. The first-order valence-electron chi connectivity index (χ1n) is 4.39. The Kier molecular flexibility index (Phi) is 2.18. The van der Waals surface area contributed by atoms with E-state index in [9.17, 15) is 4.79 Å². The SMILES string of the molecule is O=C(O)CCc1ccc2nccn2c1. The topological polar surface area (TPSA) is 54.6 Å². The highest BCUT2D eigenvalue weighted by Gasteiger charge is 2.00. The third kappa shape index (κ3) is 1.74. The number of aryl methyl sites for hydroxylation is 1. The summed E-state index contributed by atoms with van der Waals surface area (Å²) < 4.78 is 1.89. The third-order valence-corrected chi connectivity index (χ3v) is 2.08. The molecule has 0 unspecified atom stereocenters. The van der Waals surface area contributed by atoms with Gasteiger partial charge in [0.2, 0.25) is 0 Å². The van der Waals surface area contributed by atoms with Crippen molar-refractivity contribution in [3.8, 4) is 0 Å². The van der Waals surface area contributed by atoms with Crippen LogP contribution in [0.5, 0.6) is 0 Å². The molecule has 2 aromatic rings. The highest BCUT2D eigenvalue weighted by molar-refractivity contribution is 5.67. The number of rotatable bonds is 3. The van der Waals surface area contributed by atoms with E-state index in [1.165, 1.54) is 0 Å². The lowest BCUT2D eigenvalue weighted by Gasteiger charge is -1.99. The quantitative estimate of drug-likeness (QED) is 0.794. The van der Waals surface area contributed by atoms with Gasteiger partial charge in [0.25, 0.3) is 0 Å². The molecule has 0 amide bonds. The Morgan fingerprint density at radius 1 is 1.50 bits per heavy atom. The number of hydrogen-bond donors (Lipinski definition) is 1. The fourth-order valence-corrected chi connectivity index (χ4v) is 1.37. The van der Waals surface area contributed by atoms with Gasteiger partial charge in [0.1, 0.15) is 5.65 Å². The van der Waals surface area contributed by atoms with Gasteiger partial charge in [0.15, 0.2) is 0 Å². The molecule has 4 heteroatoms. The van der Waals surface area contributed by atoms with E-state index >= 15 is 0 Å². The van der Waals surface area contributed by atoms with E-state index < -0.39 is 5.97 Å². The van der Waals surface area contributed by atoms with Crippen molar-refractivity contribution in [1.82, 2.24) is 9.38 Å². The van der Waals surface area contributed by atoms with Gasteiger partial charge in [-0.25, -0.2) is 4.98 Å². The van der Waals surface area contributed by atoms with Crippen LogP contribution in [-0.2, 0) is 11.2 Å². The first-order valence-corrected chi connectivity index (χ1v) is 4.39. The van der Waals surface area contributed by atoms with Crippen molar-refractivity contribution in [3.05, 3.63) is 36.3 Å². The van der Waals surface area contributed by atoms with Crippen molar-refractivity contribution in [2.24, 2.45) is 0 Å². The maximum Gasteiger partial charge on any atom is 0.303 e. The molecular formula is C10H10N2O2. The summed E-state index contributed by atoms with van der Waals surface area (Å²) in [4.78, 5) is 14.5. The number of imidazole rings is 1. The van der Waals surface area contributed by atoms with E-state index in [2.05, 4.69) is 4.98 Å². The summed E-state index contributed by atoms with van der Waals surface area (Å²) in [6.45, 7) is 0. The Morgan fingerprint density at radius 2 is 2.36 bits per heavy atom. The minimum atomic E-state index is -0.768. The Balaban J connectivity index is 2.21. The summed E-state index contributed by atoms with van der Waals surface area (Å²) >= 11 is 0. The number of fused-ring (bicyclic) bond motifs is 1.